The first kappa shape index (κ1) is 18.3. The molecule has 2 aromatic rings. The Balaban J connectivity index is 1.54. The van der Waals surface area contributed by atoms with Gasteiger partial charge in [0.2, 0.25) is 5.91 Å². The molecule has 0 atom stereocenters. The number of benzene rings is 1. The van der Waals surface area contributed by atoms with E-state index in [0.717, 1.165) is 23.6 Å². The number of anilines is 1. The number of thioether (sulfide) groups is 1. The van der Waals surface area contributed by atoms with Crippen LogP contribution in [0.5, 0.6) is 5.75 Å². The number of hydrogen-bond acceptors (Lipinski definition) is 5. The Bertz CT molecular complexity index is 614. The molecule has 130 valence electrons. The van der Waals surface area contributed by atoms with E-state index in [2.05, 4.69) is 5.32 Å². The number of ether oxygens (including phenoxy) is 1. The average Bonchev–Trinajstić information content (AvgIpc) is 3.08. The maximum atomic E-state index is 11.7. The molecule has 1 aromatic carbocycles. The Hall–Kier alpha value is -2.08. The SMILES string of the molecule is CN(C)c1cccc(OCCCNC(=O)CSCc2ccco2)c1. The van der Waals surface area contributed by atoms with E-state index in [9.17, 15) is 4.79 Å². The molecule has 6 heteroatoms. The summed E-state index contributed by atoms with van der Waals surface area (Å²) < 4.78 is 10.9. The number of nitrogens with one attached hydrogen (secondary N) is 1. The van der Waals surface area contributed by atoms with E-state index in [-0.39, 0.29) is 5.91 Å². The summed E-state index contributed by atoms with van der Waals surface area (Å²) in [5, 5.41) is 2.90. The first-order chi connectivity index (χ1) is 11.6. The molecule has 0 radical (unpaired) electrons. The summed E-state index contributed by atoms with van der Waals surface area (Å²) >= 11 is 1.54. The van der Waals surface area contributed by atoms with Crippen molar-refractivity contribution >= 4 is 23.4 Å². The van der Waals surface area contributed by atoms with Crippen molar-refractivity contribution in [3.8, 4) is 5.75 Å². The Morgan fingerprint density at radius 2 is 2.17 bits per heavy atom. The van der Waals surface area contributed by atoms with Crippen molar-refractivity contribution in [1.82, 2.24) is 5.32 Å². The van der Waals surface area contributed by atoms with E-state index in [0.29, 0.717) is 24.7 Å². The van der Waals surface area contributed by atoms with Crippen molar-refractivity contribution < 1.29 is 13.9 Å². The minimum Gasteiger partial charge on any atom is -0.493 e. The van der Waals surface area contributed by atoms with Crippen molar-refractivity contribution in [3.05, 3.63) is 48.4 Å². The van der Waals surface area contributed by atoms with Gasteiger partial charge in [-0.25, -0.2) is 0 Å². The topological polar surface area (TPSA) is 54.7 Å². The molecule has 0 aliphatic carbocycles. The lowest BCUT2D eigenvalue weighted by atomic mass is 10.3. The number of carbonyl (C=O) groups is 1. The molecule has 5 nitrogen and oxygen atoms in total. The molecule has 0 saturated heterocycles. The van der Waals surface area contributed by atoms with Crippen molar-refractivity contribution in [1.29, 1.82) is 0 Å². The highest BCUT2D eigenvalue weighted by molar-refractivity contribution is 7.99. The van der Waals surface area contributed by atoms with Crippen LogP contribution in [0.15, 0.2) is 47.1 Å². The monoisotopic (exact) mass is 348 g/mol. The van der Waals surface area contributed by atoms with Crippen molar-refractivity contribution in [2.24, 2.45) is 0 Å². The summed E-state index contributed by atoms with van der Waals surface area (Å²) in [6.07, 6.45) is 2.42. The third-order valence-electron chi connectivity index (χ3n) is 3.30. The van der Waals surface area contributed by atoms with Gasteiger partial charge in [-0.05, 0) is 30.7 Å². The molecule has 0 fully saturated rings. The molecule has 0 bridgehead atoms. The molecule has 2 rings (SSSR count). The lowest BCUT2D eigenvalue weighted by Crippen LogP contribution is -2.27. The molecule has 24 heavy (non-hydrogen) atoms. The van der Waals surface area contributed by atoms with Crippen LogP contribution in [-0.2, 0) is 10.5 Å². The summed E-state index contributed by atoms with van der Waals surface area (Å²) in [6, 6.07) is 11.7. The molecule has 0 spiro atoms. The number of carbonyl (C=O) groups excluding carboxylic acids is 1. The second-order valence-corrected chi connectivity index (χ2v) is 6.50. The van der Waals surface area contributed by atoms with E-state index in [1.807, 2.05) is 55.4 Å². The van der Waals surface area contributed by atoms with E-state index in [1.54, 1.807) is 18.0 Å². The minimum atomic E-state index is 0.0427. The molecule has 1 amide bonds. The molecule has 1 heterocycles. The highest BCUT2D eigenvalue weighted by atomic mass is 32.2. The van der Waals surface area contributed by atoms with Crippen molar-refractivity contribution in [3.63, 3.8) is 0 Å². The van der Waals surface area contributed by atoms with Gasteiger partial charge in [-0.2, -0.15) is 0 Å². The van der Waals surface area contributed by atoms with Crippen LogP contribution in [0.3, 0.4) is 0 Å². The number of amides is 1. The Labute approximate surface area is 147 Å². The van der Waals surface area contributed by atoms with E-state index in [4.69, 9.17) is 9.15 Å². The third kappa shape index (κ3) is 6.58. The highest BCUT2D eigenvalue weighted by Crippen LogP contribution is 2.19. The quantitative estimate of drug-likeness (QED) is 0.669. The summed E-state index contributed by atoms with van der Waals surface area (Å²) in [4.78, 5) is 13.8. The molecule has 0 saturated carbocycles. The smallest absolute Gasteiger partial charge is 0.230 e. The van der Waals surface area contributed by atoms with Gasteiger partial charge in [0, 0.05) is 32.4 Å². The highest BCUT2D eigenvalue weighted by Gasteiger charge is 2.03. The summed E-state index contributed by atoms with van der Waals surface area (Å²) in [6.45, 7) is 1.20. The van der Waals surface area contributed by atoms with Gasteiger partial charge >= 0.3 is 0 Å². The van der Waals surface area contributed by atoms with Gasteiger partial charge < -0.3 is 19.4 Å². The first-order valence-electron chi connectivity index (χ1n) is 7.92. The van der Waals surface area contributed by atoms with Gasteiger partial charge in [0.05, 0.1) is 24.4 Å². The average molecular weight is 348 g/mol. The Morgan fingerprint density at radius 3 is 2.92 bits per heavy atom. The molecule has 0 aliphatic rings. The largest absolute Gasteiger partial charge is 0.493 e. The van der Waals surface area contributed by atoms with Gasteiger partial charge in [-0.1, -0.05) is 6.07 Å². The van der Waals surface area contributed by atoms with E-state index >= 15 is 0 Å². The van der Waals surface area contributed by atoms with Crippen LogP contribution in [0.2, 0.25) is 0 Å². The number of hydrogen-bond donors (Lipinski definition) is 1. The summed E-state index contributed by atoms with van der Waals surface area (Å²) in [7, 11) is 4.00. The molecular formula is C18H24N2O3S. The lowest BCUT2D eigenvalue weighted by Gasteiger charge is -2.14. The van der Waals surface area contributed by atoms with Crippen LogP contribution >= 0.6 is 11.8 Å². The number of furan rings is 1. The van der Waals surface area contributed by atoms with E-state index < -0.39 is 0 Å². The van der Waals surface area contributed by atoms with Crippen LogP contribution in [0.25, 0.3) is 0 Å². The zero-order valence-electron chi connectivity index (χ0n) is 14.2. The van der Waals surface area contributed by atoms with Crippen LogP contribution in [-0.4, -0.2) is 38.9 Å². The van der Waals surface area contributed by atoms with Crippen molar-refractivity contribution in [2.45, 2.75) is 12.2 Å². The van der Waals surface area contributed by atoms with Crippen LogP contribution in [0.1, 0.15) is 12.2 Å². The summed E-state index contributed by atoms with van der Waals surface area (Å²) in [5.74, 6) is 2.93. The maximum Gasteiger partial charge on any atom is 0.230 e. The van der Waals surface area contributed by atoms with Crippen LogP contribution in [0, 0.1) is 0 Å². The predicted octanol–water partition coefficient (Wildman–Crippen LogP) is 3.16. The Morgan fingerprint density at radius 1 is 1.29 bits per heavy atom. The van der Waals surface area contributed by atoms with E-state index in [1.165, 1.54) is 0 Å². The van der Waals surface area contributed by atoms with Gasteiger partial charge in [0.15, 0.2) is 0 Å². The zero-order chi connectivity index (χ0) is 17.2. The fourth-order valence-corrected chi connectivity index (χ4v) is 2.79. The number of rotatable bonds is 10. The van der Waals surface area contributed by atoms with Gasteiger partial charge in [-0.3, -0.25) is 4.79 Å². The van der Waals surface area contributed by atoms with Crippen molar-refractivity contribution in [2.75, 3.05) is 37.9 Å². The maximum absolute atomic E-state index is 11.7. The fraction of sp³-hybridized carbons (Fsp3) is 0.389. The number of nitrogens with zero attached hydrogens (tertiary/aromatic N) is 1. The van der Waals surface area contributed by atoms with Crippen LogP contribution < -0.4 is 15.0 Å². The van der Waals surface area contributed by atoms with Crippen LogP contribution in [0.4, 0.5) is 5.69 Å². The third-order valence-corrected chi connectivity index (χ3v) is 4.26. The zero-order valence-corrected chi connectivity index (χ0v) is 15.0. The van der Waals surface area contributed by atoms with Gasteiger partial charge in [-0.15, -0.1) is 11.8 Å². The second kappa shape index (κ2) is 9.93. The minimum absolute atomic E-state index is 0.0427. The summed E-state index contributed by atoms with van der Waals surface area (Å²) in [5.41, 5.74) is 1.11. The normalized spacial score (nSPS) is 10.4. The molecule has 1 N–H and O–H groups in total. The predicted molar refractivity (Wildman–Crippen MR) is 98.8 cm³/mol. The van der Waals surface area contributed by atoms with Gasteiger partial charge in [0.1, 0.15) is 11.5 Å². The lowest BCUT2D eigenvalue weighted by molar-refractivity contribution is -0.118. The Kier molecular flexibility index (Phi) is 7.55. The van der Waals surface area contributed by atoms with Gasteiger partial charge in [0.25, 0.3) is 0 Å². The molecule has 1 aromatic heterocycles. The molecule has 0 aliphatic heterocycles. The molecular weight excluding hydrogens is 324 g/mol. The second-order valence-electron chi connectivity index (χ2n) is 5.52. The first-order valence-corrected chi connectivity index (χ1v) is 9.07. The standard InChI is InChI=1S/C18H24N2O3S/c1-20(2)15-6-3-7-16(12-15)22-11-5-9-19-18(21)14-24-13-17-8-4-10-23-17/h3-4,6-8,10,12H,5,9,11,13-14H2,1-2H3,(H,19,21). The fourth-order valence-electron chi connectivity index (χ4n) is 2.03. The molecule has 0 unspecified atom stereocenters.